The molecule has 26 heavy (non-hydrogen) atoms. The summed E-state index contributed by atoms with van der Waals surface area (Å²) in [5.41, 5.74) is -1.46. The Balaban J connectivity index is 0.000000359. The summed E-state index contributed by atoms with van der Waals surface area (Å²) in [6, 6.07) is 13.0. The van der Waals surface area contributed by atoms with Gasteiger partial charge in [0.1, 0.15) is 5.75 Å². The van der Waals surface area contributed by atoms with Crippen LogP contribution in [0.25, 0.3) is 0 Å². The lowest BCUT2D eigenvalue weighted by molar-refractivity contribution is -0.598. The maximum atomic E-state index is 10.7. The van der Waals surface area contributed by atoms with Gasteiger partial charge in [0.05, 0.1) is 7.11 Å². The molecule has 0 saturated heterocycles. The smallest absolute Gasteiger partial charge is 0.485 e. The van der Waals surface area contributed by atoms with Gasteiger partial charge in [-0.05, 0) is 32.9 Å². The first-order valence-electron chi connectivity index (χ1n) is 7.24. The molecule has 0 fully saturated rings. The molecule has 2 rings (SSSR count). The molecule has 0 aliphatic rings. The molecular weight excluding hydrogens is 484 g/mol. The monoisotopic (exact) mass is 502 g/mol. The minimum atomic E-state index is -6.09. The standard InChI is InChI=1S/C16H18IO.CHF3O3S/c1-11-8-12(2)16(13(3)9-11)17-14-6-5-7-15(10-14)18-4;2-1(3,4)8(5,6)7/h5-10H,1-4H3;(H,5,6,7)/q+1;/p-1. The summed E-state index contributed by atoms with van der Waals surface area (Å²) in [5, 5.41) is 0. The topological polar surface area (TPSA) is 66.4 Å². The summed E-state index contributed by atoms with van der Waals surface area (Å²) in [4.78, 5) is 0. The first-order valence-corrected chi connectivity index (χ1v) is 10.8. The highest BCUT2D eigenvalue weighted by Gasteiger charge is 2.36. The molecular formula is C17H18F3IO4S. The Labute approximate surface area is 161 Å². The highest BCUT2D eigenvalue weighted by Crippen LogP contribution is 2.20. The fourth-order valence-corrected chi connectivity index (χ4v) is 4.71. The van der Waals surface area contributed by atoms with Crippen molar-refractivity contribution in [3.05, 3.63) is 60.2 Å². The van der Waals surface area contributed by atoms with Crippen molar-refractivity contribution in [2.45, 2.75) is 26.3 Å². The number of halogens is 4. The largest absolute Gasteiger partial charge is 0.741 e. The number of hydrogen-bond acceptors (Lipinski definition) is 4. The van der Waals surface area contributed by atoms with Crippen LogP contribution in [0.1, 0.15) is 16.7 Å². The zero-order valence-corrected chi connectivity index (χ0v) is 17.5. The van der Waals surface area contributed by atoms with Crippen LogP contribution < -0.4 is 25.9 Å². The normalized spacial score (nSPS) is 11.5. The molecule has 0 saturated carbocycles. The summed E-state index contributed by atoms with van der Waals surface area (Å²) in [7, 11) is -4.37. The van der Waals surface area contributed by atoms with Crippen molar-refractivity contribution in [3.63, 3.8) is 0 Å². The third-order valence-corrected chi connectivity index (χ3v) is 7.20. The van der Waals surface area contributed by atoms with E-state index in [1.165, 1.54) is 23.8 Å². The molecule has 0 amide bonds. The fraction of sp³-hybridized carbons (Fsp3) is 0.294. The molecule has 0 aromatic heterocycles. The highest BCUT2D eigenvalue weighted by atomic mass is 127. The molecule has 0 bridgehead atoms. The molecule has 0 heterocycles. The van der Waals surface area contributed by atoms with E-state index < -0.39 is 15.6 Å². The predicted octanol–water partition coefficient (Wildman–Crippen LogP) is 0.800. The Hall–Kier alpha value is -1.33. The second-order valence-electron chi connectivity index (χ2n) is 5.37. The molecule has 0 atom stereocenters. The van der Waals surface area contributed by atoms with Gasteiger partial charge in [0.2, 0.25) is 0 Å². The lowest BCUT2D eigenvalue weighted by Gasteiger charge is -2.08. The Morgan fingerprint density at radius 1 is 1.04 bits per heavy atom. The number of alkyl halides is 3. The summed E-state index contributed by atoms with van der Waals surface area (Å²) >= 11 is -0.130. The maximum absolute atomic E-state index is 10.7. The van der Waals surface area contributed by atoms with Gasteiger partial charge < -0.3 is 9.29 Å². The molecule has 0 aliphatic heterocycles. The molecule has 0 radical (unpaired) electrons. The average molecular weight is 502 g/mol. The Kier molecular flexibility index (Phi) is 7.90. The van der Waals surface area contributed by atoms with Crippen LogP contribution >= 0.6 is 0 Å². The zero-order valence-electron chi connectivity index (χ0n) is 14.5. The summed E-state index contributed by atoms with van der Waals surface area (Å²) in [6.45, 7) is 6.60. The molecule has 9 heteroatoms. The molecule has 0 spiro atoms. The van der Waals surface area contributed by atoms with Crippen LogP contribution in [-0.4, -0.2) is 25.6 Å². The van der Waals surface area contributed by atoms with Gasteiger partial charge in [-0.2, -0.15) is 13.2 Å². The quantitative estimate of drug-likeness (QED) is 0.354. The van der Waals surface area contributed by atoms with Gasteiger partial charge in [-0.15, -0.1) is 0 Å². The van der Waals surface area contributed by atoms with E-state index in [0.717, 1.165) is 5.75 Å². The van der Waals surface area contributed by atoms with Crippen molar-refractivity contribution in [2.24, 2.45) is 0 Å². The molecule has 2 aromatic rings. The van der Waals surface area contributed by atoms with E-state index in [9.17, 15) is 13.2 Å². The van der Waals surface area contributed by atoms with Crippen molar-refractivity contribution in [2.75, 3.05) is 7.11 Å². The van der Waals surface area contributed by atoms with E-state index in [1.54, 1.807) is 7.11 Å². The van der Waals surface area contributed by atoms with E-state index in [0.29, 0.717) is 0 Å². The number of rotatable bonds is 3. The van der Waals surface area contributed by atoms with Crippen LogP contribution in [0.15, 0.2) is 36.4 Å². The van der Waals surface area contributed by atoms with E-state index in [-0.39, 0.29) is 21.2 Å². The lowest BCUT2D eigenvalue weighted by Crippen LogP contribution is -3.62. The molecule has 0 aliphatic carbocycles. The minimum Gasteiger partial charge on any atom is -0.741 e. The second kappa shape index (κ2) is 9.05. The number of hydrogen-bond donors (Lipinski definition) is 0. The van der Waals surface area contributed by atoms with Gasteiger partial charge in [0.15, 0.2) is 17.3 Å². The van der Waals surface area contributed by atoms with Crippen LogP contribution in [-0.2, 0) is 10.1 Å². The van der Waals surface area contributed by atoms with Crippen LogP contribution in [0.4, 0.5) is 13.2 Å². The van der Waals surface area contributed by atoms with Crippen molar-refractivity contribution in [1.29, 1.82) is 0 Å². The SMILES string of the molecule is COc1cccc([I+]c2c(C)cc(C)cc2C)c1.O=S(=O)([O-])C(F)(F)F. The van der Waals surface area contributed by atoms with E-state index in [2.05, 4.69) is 51.1 Å². The van der Waals surface area contributed by atoms with E-state index in [4.69, 9.17) is 17.7 Å². The van der Waals surface area contributed by atoms with Crippen molar-refractivity contribution < 1.29 is 52.1 Å². The van der Waals surface area contributed by atoms with Crippen molar-refractivity contribution in [3.8, 4) is 5.75 Å². The lowest BCUT2D eigenvalue weighted by atomic mass is 10.1. The average Bonchev–Trinajstić information content (AvgIpc) is 2.49. The molecule has 4 nitrogen and oxygen atoms in total. The Morgan fingerprint density at radius 2 is 1.54 bits per heavy atom. The highest BCUT2D eigenvalue weighted by molar-refractivity contribution is 7.86. The number of methoxy groups -OCH3 is 1. The first-order chi connectivity index (χ1) is 11.8. The molecule has 0 unspecified atom stereocenters. The van der Waals surface area contributed by atoms with Crippen LogP contribution in [0.3, 0.4) is 0 Å². The van der Waals surface area contributed by atoms with Gasteiger partial charge in [0.25, 0.3) is 0 Å². The zero-order chi connectivity index (χ0) is 20.1. The van der Waals surface area contributed by atoms with Gasteiger partial charge in [-0.25, -0.2) is 8.42 Å². The molecule has 0 N–H and O–H groups in total. The van der Waals surface area contributed by atoms with Gasteiger partial charge >= 0.3 is 26.7 Å². The van der Waals surface area contributed by atoms with Crippen molar-refractivity contribution >= 4 is 10.1 Å². The van der Waals surface area contributed by atoms with E-state index in [1.807, 2.05) is 6.07 Å². The Morgan fingerprint density at radius 3 is 1.96 bits per heavy atom. The van der Waals surface area contributed by atoms with E-state index >= 15 is 0 Å². The minimum absolute atomic E-state index is 0.130. The van der Waals surface area contributed by atoms with Crippen LogP contribution in [0.5, 0.6) is 5.75 Å². The molecule has 144 valence electrons. The Bertz CT molecular complexity index is 842. The van der Waals surface area contributed by atoms with Gasteiger partial charge in [-0.1, -0.05) is 23.8 Å². The predicted molar refractivity (Wildman–Crippen MR) is 86.8 cm³/mol. The number of ether oxygens (including phenoxy) is 1. The van der Waals surface area contributed by atoms with Crippen LogP contribution in [0, 0.1) is 27.9 Å². The third-order valence-electron chi connectivity index (χ3n) is 3.10. The first kappa shape index (κ1) is 22.7. The van der Waals surface area contributed by atoms with Crippen LogP contribution in [0.2, 0.25) is 0 Å². The second-order valence-corrected chi connectivity index (χ2v) is 9.60. The maximum Gasteiger partial charge on any atom is 0.485 e. The van der Waals surface area contributed by atoms with Gasteiger partial charge in [0, 0.05) is 17.2 Å². The molecule has 2 aromatic carbocycles. The summed E-state index contributed by atoms with van der Waals surface area (Å²) in [6.07, 6.45) is 0. The van der Waals surface area contributed by atoms with Crippen molar-refractivity contribution in [1.82, 2.24) is 0 Å². The summed E-state index contributed by atoms with van der Waals surface area (Å²) in [5.74, 6) is 0.953. The number of aryl methyl sites for hydroxylation is 3. The third kappa shape index (κ3) is 6.76. The fourth-order valence-electron chi connectivity index (χ4n) is 2.07. The number of benzene rings is 2. The summed E-state index contributed by atoms with van der Waals surface area (Å²) < 4.78 is 67.1. The van der Waals surface area contributed by atoms with Gasteiger partial charge in [-0.3, -0.25) is 0 Å².